The van der Waals surface area contributed by atoms with Gasteiger partial charge in [-0.15, -0.1) is 0 Å². The van der Waals surface area contributed by atoms with E-state index in [4.69, 9.17) is 4.74 Å². The van der Waals surface area contributed by atoms with Gasteiger partial charge in [0, 0.05) is 17.3 Å². The summed E-state index contributed by atoms with van der Waals surface area (Å²) in [7, 11) is -1.74. The first-order valence-corrected chi connectivity index (χ1v) is 10.5. The predicted octanol–water partition coefficient (Wildman–Crippen LogP) is 2.92. The summed E-state index contributed by atoms with van der Waals surface area (Å²) in [6, 6.07) is 11.8. The van der Waals surface area contributed by atoms with Crippen molar-refractivity contribution >= 4 is 44.3 Å². The van der Waals surface area contributed by atoms with Crippen molar-refractivity contribution in [2.75, 3.05) is 23.8 Å². The van der Waals surface area contributed by atoms with Gasteiger partial charge in [0.1, 0.15) is 5.75 Å². The van der Waals surface area contributed by atoms with Gasteiger partial charge in [0.05, 0.1) is 30.2 Å². The fourth-order valence-corrected chi connectivity index (χ4v) is 3.66. The average Bonchev–Trinajstić information content (AvgIpc) is 3.00. The normalized spacial score (nSPS) is 11.5. The fourth-order valence-electron chi connectivity index (χ4n) is 2.32. The van der Waals surface area contributed by atoms with Crippen molar-refractivity contribution in [1.29, 1.82) is 0 Å². The molecule has 26 heavy (non-hydrogen) atoms. The quantitative estimate of drug-likeness (QED) is 0.474. The van der Waals surface area contributed by atoms with Crippen molar-refractivity contribution in [2.45, 2.75) is 5.16 Å². The number of nitrogens with zero attached hydrogens (tertiary/aromatic N) is 1. The molecule has 1 aromatic heterocycles. The van der Waals surface area contributed by atoms with E-state index in [0.717, 1.165) is 23.0 Å². The van der Waals surface area contributed by atoms with Crippen LogP contribution in [0.1, 0.15) is 10.4 Å². The lowest BCUT2D eigenvalue weighted by Gasteiger charge is -2.05. The molecule has 0 aliphatic rings. The second kappa shape index (κ2) is 7.38. The highest BCUT2D eigenvalue weighted by atomic mass is 32.2. The summed E-state index contributed by atoms with van der Waals surface area (Å²) in [5, 5.41) is 0.650. The van der Waals surface area contributed by atoms with Gasteiger partial charge < -0.3 is 9.72 Å². The number of methoxy groups -OCH3 is 1. The first-order valence-electron chi connectivity index (χ1n) is 7.62. The second-order valence-corrected chi connectivity index (χ2v) is 8.30. The van der Waals surface area contributed by atoms with Crippen molar-refractivity contribution < 1.29 is 17.9 Å². The van der Waals surface area contributed by atoms with Crippen molar-refractivity contribution in [3.8, 4) is 5.75 Å². The molecular formula is C17H17N3O4S2. The van der Waals surface area contributed by atoms with Gasteiger partial charge in [0.2, 0.25) is 10.0 Å². The summed E-state index contributed by atoms with van der Waals surface area (Å²) in [6.07, 6.45) is 1.08. The first-order chi connectivity index (χ1) is 12.3. The highest BCUT2D eigenvalue weighted by molar-refractivity contribution is 7.99. The van der Waals surface area contributed by atoms with E-state index >= 15 is 0 Å². The molecule has 2 N–H and O–H groups in total. The number of carbonyl (C=O) groups is 1. The van der Waals surface area contributed by atoms with Crippen LogP contribution in [-0.2, 0) is 10.0 Å². The third-order valence-corrected chi connectivity index (χ3v) is 5.00. The molecule has 0 fully saturated rings. The van der Waals surface area contributed by atoms with Crippen LogP contribution in [-0.4, -0.2) is 43.3 Å². The van der Waals surface area contributed by atoms with Gasteiger partial charge in [-0.25, -0.2) is 13.4 Å². The summed E-state index contributed by atoms with van der Waals surface area (Å²) < 4.78 is 29.9. The van der Waals surface area contributed by atoms with Gasteiger partial charge in [-0.2, -0.15) is 0 Å². The molecule has 0 saturated heterocycles. The van der Waals surface area contributed by atoms with Crippen LogP contribution < -0.4 is 9.46 Å². The lowest BCUT2D eigenvalue weighted by molar-refractivity contribution is 0.102. The van der Waals surface area contributed by atoms with E-state index in [1.807, 2.05) is 18.2 Å². The number of H-pyrrole nitrogens is 1. The summed E-state index contributed by atoms with van der Waals surface area (Å²) in [4.78, 5) is 19.9. The molecule has 1 heterocycles. The van der Waals surface area contributed by atoms with Crippen LogP contribution >= 0.6 is 11.8 Å². The van der Waals surface area contributed by atoms with E-state index in [2.05, 4.69) is 14.7 Å². The summed E-state index contributed by atoms with van der Waals surface area (Å²) in [5.41, 5.74) is 2.57. The number of benzene rings is 2. The van der Waals surface area contributed by atoms with Gasteiger partial charge >= 0.3 is 0 Å². The highest BCUT2D eigenvalue weighted by Gasteiger charge is 2.10. The van der Waals surface area contributed by atoms with Crippen LogP contribution in [0.15, 0.2) is 47.6 Å². The molecule has 3 rings (SSSR count). The van der Waals surface area contributed by atoms with Crippen molar-refractivity contribution in [2.24, 2.45) is 0 Å². The molecular weight excluding hydrogens is 374 g/mol. The summed E-state index contributed by atoms with van der Waals surface area (Å²) >= 11 is 1.31. The Balaban J connectivity index is 1.65. The fraction of sp³-hybridized carbons (Fsp3) is 0.176. The highest BCUT2D eigenvalue weighted by Crippen LogP contribution is 2.24. The van der Waals surface area contributed by atoms with Crippen molar-refractivity contribution in [3.63, 3.8) is 0 Å². The number of carbonyl (C=O) groups excluding carboxylic acids is 1. The van der Waals surface area contributed by atoms with Crippen LogP contribution in [0.3, 0.4) is 0 Å². The van der Waals surface area contributed by atoms with Crippen molar-refractivity contribution in [1.82, 2.24) is 9.97 Å². The zero-order valence-corrected chi connectivity index (χ0v) is 15.8. The number of thioether (sulfide) groups is 1. The lowest BCUT2D eigenvalue weighted by atomic mass is 10.1. The van der Waals surface area contributed by atoms with Crippen molar-refractivity contribution in [3.05, 3.63) is 48.0 Å². The number of fused-ring (bicyclic) bond motifs is 1. The van der Waals surface area contributed by atoms with Crippen LogP contribution in [0.5, 0.6) is 5.75 Å². The number of sulfonamides is 1. The number of anilines is 1. The maximum Gasteiger partial charge on any atom is 0.229 e. The Morgan fingerprint density at radius 1 is 1.23 bits per heavy atom. The molecule has 0 radical (unpaired) electrons. The lowest BCUT2D eigenvalue weighted by Crippen LogP contribution is -2.10. The summed E-state index contributed by atoms with van der Waals surface area (Å²) in [5.74, 6) is 0.881. The minimum Gasteiger partial charge on any atom is -0.497 e. The third kappa shape index (κ3) is 4.55. The molecule has 0 bridgehead atoms. The number of Topliss-reactive ketones (excluding diaryl/α,β-unsaturated/α-hetero) is 1. The van der Waals surface area contributed by atoms with Gasteiger partial charge in [0.15, 0.2) is 10.9 Å². The van der Waals surface area contributed by atoms with Gasteiger partial charge in [-0.1, -0.05) is 11.8 Å². The Morgan fingerprint density at radius 2 is 1.96 bits per heavy atom. The number of aromatic nitrogens is 2. The smallest absolute Gasteiger partial charge is 0.229 e. The Morgan fingerprint density at radius 3 is 2.62 bits per heavy atom. The zero-order chi connectivity index (χ0) is 18.7. The zero-order valence-electron chi connectivity index (χ0n) is 14.1. The van der Waals surface area contributed by atoms with Gasteiger partial charge in [-0.05, 0) is 36.4 Å². The minimum absolute atomic E-state index is 0.0704. The molecule has 136 valence electrons. The number of ether oxygens (including phenoxy) is 1. The molecule has 0 amide bonds. The number of hydrogen-bond acceptors (Lipinski definition) is 6. The topological polar surface area (TPSA) is 101 Å². The maximum absolute atomic E-state index is 12.3. The van der Waals surface area contributed by atoms with E-state index in [1.54, 1.807) is 31.4 Å². The molecule has 7 nitrogen and oxygen atoms in total. The maximum atomic E-state index is 12.3. The largest absolute Gasteiger partial charge is 0.497 e. The van der Waals surface area contributed by atoms with E-state index in [0.29, 0.717) is 16.4 Å². The molecule has 3 aromatic rings. The molecule has 0 spiro atoms. The van der Waals surface area contributed by atoms with Crippen LogP contribution in [0, 0.1) is 0 Å². The van der Waals surface area contributed by atoms with Gasteiger partial charge in [-0.3, -0.25) is 9.52 Å². The first kappa shape index (κ1) is 18.3. The molecule has 9 heteroatoms. The van der Waals surface area contributed by atoms with E-state index < -0.39 is 10.0 Å². The number of ketones is 1. The Bertz CT molecular complexity index is 1040. The van der Waals surface area contributed by atoms with E-state index in [-0.39, 0.29) is 11.5 Å². The van der Waals surface area contributed by atoms with Crippen LogP contribution in [0.2, 0.25) is 0 Å². The third-order valence-electron chi connectivity index (χ3n) is 3.52. The minimum atomic E-state index is -3.33. The molecule has 0 aliphatic heterocycles. The van der Waals surface area contributed by atoms with Crippen LogP contribution in [0.4, 0.5) is 5.69 Å². The number of aromatic amines is 1. The Kier molecular flexibility index (Phi) is 5.19. The molecule has 0 unspecified atom stereocenters. The Labute approximate surface area is 155 Å². The average molecular weight is 391 g/mol. The standard InChI is InChI=1S/C17H17N3O4S2/c1-24-13-7-8-14-15(9-13)19-17(18-14)25-10-16(21)11-3-5-12(6-4-11)20-26(2,22)23/h3-9,20H,10H2,1-2H3,(H,18,19). The number of rotatable bonds is 7. The molecule has 0 saturated carbocycles. The Hall–Kier alpha value is -2.52. The van der Waals surface area contributed by atoms with E-state index in [9.17, 15) is 13.2 Å². The number of hydrogen-bond donors (Lipinski definition) is 2. The van der Waals surface area contributed by atoms with Crippen LogP contribution in [0.25, 0.3) is 11.0 Å². The predicted molar refractivity (Wildman–Crippen MR) is 103 cm³/mol. The number of imidazole rings is 1. The number of nitrogens with one attached hydrogen (secondary N) is 2. The summed E-state index contributed by atoms with van der Waals surface area (Å²) in [6.45, 7) is 0. The molecule has 0 aliphatic carbocycles. The molecule has 2 aromatic carbocycles. The molecule has 0 atom stereocenters. The SMILES string of the molecule is COc1ccc2nc(SCC(=O)c3ccc(NS(C)(=O)=O)cc3)[nH]c2c1. The van der Waals surface area contributed by atoms with E-state index in [1.165, 1.54) is 11.8 Å². The monoisotopic (exact) mass is 391 g/mol. The second-order valence-electron chi connectivity index (χ2n) is 5.59. The van der Waals surface area contributed by atoms with Gasteiger partial charge in [0.25, 0.3) is 0 Å².